The first kappa shape index (κ1) is 12.9. The minimum Gasteiger partial charge on any atom is -0.384 e. The van der Waals surface area contributed by atoms with Crippen LogP contribution in [-0.2, 0) is 0 Å². The van der Waals surface area contributed by atoms with Gasteiger partial charge in [-0.2, -0.15) is 0 Å². The Morgan fingerprint density at radius 2 is 1.50 bits per heavy atom. The average molecular weight is 273 g/mol. The molecule has 1 atom stereocenters. The van der Waals surface area contributed by atoms with Gasteiger partial charge in [0, 0.05) is 10.6 Å². The molecule has 2 aromatic rings. The van der Waals surface area contributed by atoms with Crippen molar-refractivity contribution in [2.45, 2.75) is 6.10 Å². The lowest BCUT2D eigenvalue weighted by Gasteiger charge is -2.13. The maximum absolute atomic E-state index is 13.1. The summed E-state index contributed by atoms with van der Waals surface area (Å²) in [6, 6.07) is 6.62. The Morgan fingerprint density at radius 3 is 2.11 bits per heavy atom. The van der Waals surface area contributed by atoms with Crippen molar-refractivity contribution < 1.29 is 18.3 Å². The molecule has 0 saturated heterocycles. The summed E-state index contributed by atoms with van der Waals surface area (Å²) in [6.07, 6.45) is -1.24. The number of rotatable bonds is 2. The summed E-state index contributed by atoms with van der Waals surface area (Å²) in [4.78, 5) is 0. The summed E-state index contributed by atoms with van der Waals surface area (Å²) >= 11 is 5.74. The zero-order valence-corrected chi connectivity index (χ0v) is 9.76. The van der Waals surface area contributed by atoms with Crippen molar-refractivity contribution in [2.75, 3.05) is 0 Å². The van der Waals surface area contributed by atoms with Crippen molar-refractivity contribution >= 4 is 11.6 Å². The van der Waals surface area contributed by atoms with E-state index in [4.69, 9.17) is 11.6 Å². The van der Waals surface area contributed by atoms with Crippen molar-refractivity contribution in [2.24, 2.45) is 0 Å². The van der Waals surface area contributed by atoms with Gasteiger partial charge in [0.25, 0.3) is 0 Å². The minimum atomic E-state index is -1.24. The van der Waals surface area contributed by atoms with Gasteiger partial charge >= 0.3 is 0 Å². The smallest absolute Gasteiger partial charge is 0.160 e. The number of hydrogen-bond acceptors (Lipinski definition) is 1. The molecule has 1 unspecified atom stereocenters. The van der Waals surface area contributed by atoms with E-state index in [1.807, 2.05) is 0 Å². The second-order valence-corrected chi connectivity index (χ2v) is 4.15. The molecular formula is C13H8ClF3O. The Morgan fingerprint density at radius 1 is 0.944 bits per heavy atom. The van der Waals surface area contributed by atoms with Gasteiger partial charge in [-0.1, -0.05) is 23.7 Å². The van der Waals surface area contributed by atoms with E-state index in [2.05, 4.69) is 0 Å². The van der Waals surface area contributed by atoms with Gasteiger partial charge in [0.05, 0.1) is 0 Å². The maximum Gasteiger partial charge on any atom is 0.160 e. The maximum atomic E-state index is 13.1. The fourth-order valence-electron chi connectivity index (χ4n) is 1.57. The summed E-state index contributed by atoms with van der Waals surface area (Å²) in [7, 11) is 0. The van der Waals surface area contributed by atoms with Gasteiger partial charge in [-0.15, -0.1) is 0 Å². The van der Waals surface area contributed by atoms with Crippen LogP contribution in [0.15, 0.2) is 36.4 Å². The second kappa shape index (κ2) is 5.00. The number of aliphatic hydroxyl groups is 1. The molecule has 94 valence electrons. The highest BCUT2D eigenvalue weighted by Crippen LogP contribution is 2.30. The summed E-state index contributed by atoms with van der Waals surface area (Å²) in [5.41, 5.74) is 0.367. The summed E-state index contributed by atoms with van der Waals surface area (Å²) in [5, 5.41) is 9.89. The van der Waals surface area contributed by atoms with Crippen molar-refractivity contribution in [3.05, 3.63) is 70.0 Å². The second-order valence-electron chi connectivity index (χ2n) is 3.74. The molecule has 1 nitrogen and oxygen atoms in total. The van der Waals surface area contributed by atoms with Crippen LogP contribution in [0, 0.1) is 17.5 Å². The zero-order chi connectivity index (χ0) is 13.3. The SMILES string of the molecule is OC(c1ccc(F)cc1)c1cc(F)c(F)cc1Cl. The molecule has 0 aromatic heterocycles. The van der Waals surface area contributed by atoms with Crippen LogP contribution < -0.4 is 0 Å². The van der Waals surface area contributed by atoms with Crippen molar-refractivity contribution in [3.8, 4) is 0 Å². The largest absolute Gasteiger partial charge is 0.384 e. The van der Waals surface area contributed by atoms with E-state index in [1.54, 1.807) is 0 Å². The third kappa shape index (κ3) is 2.49. The van der Waals surface area contributed by atoms with E-state index in [0.717, 1.165) is 24.3 Å². The zero-order valence-electron chi connectivity index (χ0n) is 9.00. The predicted molar refractivity (Wildman–Crippen MR) is 61.8 cm³/mol. The molecule has 2 aromatic carbocycles. The van der Waals surface area contributed by atoms with Crippen LogP contribution in [-0.4, -0.2) is 5.11 Å². The lowest BCUT2D eigenvalue weighted by atomic mass is 10.0. The van der Waals surface area contributed by atoms with Crippen LogP contribution in [0.3, 0.4) is 0 Å². The molecule has 0 amide bonds. The van der Waals surface area contributed by atoms with Crippen LogP contribution >= 0.6 is 11.6 Å². The molecule has 0 aliphatic carbocycles. The van der Waals surface area contributed by atoms with Crippen LogP contribution in [0.4, 0.5) is 13.2 Å². The average Bonchev–Trinajstić information content (AvgIpc) is 2.34. The molecule has 0 aliphatic heterocycles. The van der Waals surface area contributed by atoms with Crippen molar-refractivity contribution in [1.82, 2.24) is 0 Å². The molecule has 0 aliphatic rings. The van der Waals surface area contributed by atoms with E-state index in [-0.39, 0.29) is 10.6 Å². The quantitative estimate of drug-likeness (QED) is 0.824. The number of benzene rings is 2. The van der Waals surface area contributed by atoms with Crippen LogP contribution in [0.25, 0.3) is 0 Å². The third-order valence-corrected chi connectivity index (χ3v) is 2.85. The van der Waals surface area contributed by atoms with Gasteiger partial charge < -0.3 is 5.11 Å². The Hall–Kier alpha value is -1.52. The van der Waals surface area contributed by atoms with E-state index in [1.165, 1.54) is 12.1 Å². The Kier molecular flexibility index (Phi) is 3.59. The van der Waals surface area contributed by atoms with E-state index < -0.39 is 23.6 Å². The normalized spacial score (nSPS) is 12.5. The summed E-state index contributed by atoms with van der Waals surface area (Å²) in [6.45, 7) is 0. The highest BCUT2D eigenvalue weighted by atomic mass is 35.5. The Bertz CT molecular complexity index is 569. The van der Waals surface area contributed by atoms with Gasteiger partial charge in [-0.05, 0) is 29.8 Å². The first-order valence-electron chi connectivity index (χ1n) is 5.07. The van der Waals surface area contributed by atoms with E-state index >= 15 is 0 Å². The minimum absolute atomic E-state index is 0.0298. The highest BCUT2D eigenvalue weighted by molar-refractivity contribution is 6.31. The van der Waals surface area contributed by atoms with Gasteiger partial charge in [-0.25, -0.2) is 13.2 Å². The fraction of sp³-hybridized carbons (Fsp3) is 0.0769. The predicted octanol–water partition coefficient (Wildman–Crippen LogP) is 3.84. The molecule has 0 bridgehead atoms. The Labute approximate surface area is 106 Å². The molecule has 0 saturated carbocycles. The molecular weight excluding hydrogens is 265 g/mol. The molecule has 0 fully saturated rings. The molecule has 0 spiro atoms. The van der Waals surface area contributed by atoms with Crippen LogP contribution in [0.5, 0.6) is 0 Å². The first-order chi connectivity index (χ1) is 8.49. The number of hydrogen-bond donors (Lipinski definition) is 1. The summed E-state index contributed by atoms with van der Waals surface area (Å²) < 4.78 is 38.7. The van der Waals surface area contributed by atoms with Gasteiger partial charge in [0.2, 0.25) is 0 Å². The number of halogens is 4. The molecule has 1 N–H and O–H groups in total. The molecule has 5 heteroatoms. The highest BCUT2D eigenvalue weighted by Gasteiger charge is 2.17. The van der Waals surface area contributed by atoms with Crippen LogP contribution in [0.1, 0.15) is 17.2 Å². The lowest BCUT2D eigenvalue weighted by molar-refractivity contribution is 0.219. The fourth-order valence-corrected chi connectivity index (χ4v) is 1.83. The third-order valence-electron chi connectivity index (χ3n) is 2.52. The monoisotopic (exact) mass is 272 g/mol. The summed E-state index contributed by atoms with van der Waals surface area (Å²) in [5.74, 6) is -2.65. The lowest BCUT2D eigenvalue weighted by Crippen LogP contribution is -2.02. The van der Waals surface area contributed by atoms with Crippen molar-refractivity contribution in [1.29, 1.82) is 0 Å². The molecule has 0 radical (unpaired) electrons. The topological polar surface area (TPSA) is 20.2 Å². The van der Waals surface area contributed by atoms with Crippen molar-refractivity contribution in [3.63, 3.8) is 0 Å². The van der Waals surface area contributed by atoms with Gasteiger partial charge in [0.1, 0.15) is 11.9 Å². The molecule has 18 heavy (non-hydrogen) atoms. The van der Waals surface area contributed by atoms with E-state index in [0.29, 0.717) is 5.56 Å². The first-order valence-corrected chi connectivity index (χ1v) is 5.45. The standard InChI is InChI=1S/C13H8ClF3O/c14-10-6-12(17)11(16)5-9(10)13(18)7-1-3-8(15)4-2-7/h1-6,13,18H. The molecule has 0 heterocycles. The Balaban J connectivity index is 2.42. The van der Waals surface area contributed by atoms with E-state index in [9.17, 15) is 18.3 Å². The molecule has 2 rings (SSSR count). The van der Waals surface area contributed by atoms with Gasteiger partial charge in [0.15, 0.2) is 11.6 Å². The number of aliphatic hydroxyl groups excluding tert-OH is 1. The van der Waals surface area contributed by atoms with Gasteiger partial charge in [-0.3, -0.25) is 0 Å². The van der Waals surface area contributed by atoms with Crippen LogP contribution in [0.2, 0.25) is 5.02 Å².